The number of hydrogen-bond acceptors (Lipinski definition) is 5. The van der Waals surface area contributed by atoms with E-state index in [1.165, 1.54) is 6.92 Å². The molecule has 2 unspecified atom stereocenters. The lowest BCUT2D eigenvalue weighted by molar-refractivity contribution is -0.150. The third-order valence-corrected chi connectivity index (χ3v) is 4.75. The number of likely N-dealkylation sites (N-methyl/N-ethyl adjacent to an activating group) is 1. The molecule has 0 saturated heterocycles. The Morgan fingerprint density at radius 2 is 1.84 bits per heavy atom. The molecule has 0 amide bonds. The van der Waals surface area contributed by atoms with Gasteiger partial charge in [0, 0.05) is 13.5 Å². The SMILES string of the molecule is CC(=O)OC(c1ccc(C)cc1)C1c2cc(O)c(O)cc2CCN1C. The average molecular weight is 341 g/mol. The van der Waals surface area contributed by atoms with E-state index in [4.69, 9.17) is 4.74 Å². The number of phenolic OH excluding ortho intramolecular Hbond substituents is 2. The van der Waals surface area contributed by atoms with Crippen molar-refractivity contribution in [2.24, 2.45) is 0 Å². The maximum atomic E-state index is 11.7. The summed E-state index contributed by atoms with van der Waals surface area (Å²) in [4.78, 5) is 13.9. The standard InChI is InChI=1S/C20H23NO4/c1-12-4-6-14(7-5-12)20(25-13(2)22)19-16-11-18(24)17(23)10-15(16)8-9-21(19)3/h4-7,10-11,19-20,23-24H,8-9H2,1-3H3. The van der Waals surface area contributed by atoms with Crippen molar-refractivity contribution in [2.45, 2.75) is 32.4 Å². The Labute approximate surface area is 147 Å². The quantitative estimate of drug-likeness (QED) is 0.662. The summed E-state index contributed by atoms with van der Waals surface area (Å²) in [7, 11) is 1.97. The van der Waals surface area contributed by atoms with Gasteiger partial charge in [-0.2, -0.15) is 0 Å². The van der Waals surface area contributed by atoms with E-state index in [-0.39, 0.29) is 23.5 Å². The van der Waals surface area contributed by atoms with E-state index >= 15 is 0 Å². The second-order valence-electron chi connectivity index (χ2n) is 6.66. The molecule has 2 atom stereocenters. The average Bonchev–Trinajstić information content (AvgIpc) is 2.55. The number of rotatable bonds is 3. The number of nitrogens with zero attached hydrogens (tertiary/aromatic N) is 1. The Hall–Kier alpha value is -2.53. The number of carbonyl (C=O) groups is 1. The van der Waals surface area contributed by atoms with Crippen molar-refractivity contribution in [3.05, 3.63) is 58.7 Å². The van der Waals surface area contributed by atoms with Crippen LogP contribution in [0.5, 0.6) is 11.5 Å². The van der Waals surface area contributed by atoms with Crippen molar-refractivity contribution in [2.75, 3.05) is 13.6 Å². The van der Waals surface area contributed by atoms with E-state index in [9.17, 15) is 15.0 Å². The normalized spacial score (nSPS) is 18.4. The highest BCUT2D eigenvalue weighted by Gasteiger charge is 2.35. The molecular formula is C20H23NO4. The summed E-state index contributed by atoms with van der Waals surface area (Å²) >= 11 is 0. The number of benzene rings is 2. The topological polar surface area (TPSA) is 70.0 Å². The van der Waals surface area contributed by atoms with Gasteiger partial charge in [-0.1, -0.05) is 29.8 Å². The number of fused-ring (bicyclic) bond motifs is 1. The van der Waals surface area contributed by atoms with Crippen molar-refractivity contribution >= 4 is 5.97 Å². The zero-order valence-electron chi connectivity index (χ0n) is 14.7. The summed E-state index contributed by atoms with van der Waals surface area (Å²) in [5.74, 6) is -0.639. The van der Waals surface area contributed by atoms with Crippen molar-refractivity contribution < 1.29 is 19.7 Å². The highest BCUT2D eigenvalue weighted by atomic mass is 16.5. The van der Waals surface area contributed by atoms with Gasteiger partial charge in [0.2, 0.25) is 0 Å². The zero-order valence-corrected chi connectivity index (χ0v) is 14.7. The highest BCUT2D eigenvalue weighted by Crippen LogP contribution is 2.43. The van der Waals surface area contributed by atoms with Gasteiger partial charge in [-0.25, -0.2) is 0 Å². The van der Waals surface area contributed by atoms with E-state index in [1.807, 2.05) is 38.2 Å². The molecule has 2 aromatic rings. The Morgan fingerprint density at radius 1 is 1.20 bits per heavy atom. The van der Waals surface area contributed by atoms with Crippen molar-refractivity contribution in [3.8, 4) is 11.5 Å². The van der Waals surface area contributed by atoms with Crippen LogP contribution >= 0.6 is 0 Å². The molecule has 25 heavy (non-hydrogen) atoms. The number of aromatic hydroxyl groups is 2. The maximum Gasteiger partial charge on any atom is 0.303 e. The van der Waals surface area contributed by atoms with Gasteiger partial charge >= 0.3 is 5.97 Å². The van der Waals surface area contributed by atoms with E-state index in [0.717, 1.165) is 35.2 Å². The van der Waals surface area contributed by atoms with Crippen molar-refractivity contribution in [1.29, 1.82) is 0 Å². The molecule has 2 N–H and O–H groups in total. The Bertz CT molecular complexity index is 785. The number of phenols is 2. The van der Waals surface area contributed by atoms with Gasteiger partial charge in [0.1, 0.15) is 6.10 Å². The number of ether oxygens (including phenoxy) is 1. The van der Waals surface area contributed by atoms with Gasteiger partial charge in [-0.15, -0.1) is 0 Å². The Morgan fingerprint density at radius 3 is 2.48 bits per heavy atom. The molecule has 0 saturated carbocycles. The fourth-order valence-corrected chi connectivity index (χ4v) is 3.45. The van der Waals surface area contributed by atoms with Crippen LogP contribution in [0.3, 0.4) is 0 Å². The minimum absolute atomic E-state index is 0.124. The van der Waals surface area contributed by atoms with E-state index < -0.39 is 6.10 Å². The summed E-state index contributed by atoms with van der Waals surface area (Å²) in [6.45, 7) is 4.18. The van der Waals surface area contributed by atoms with Gasteiger partial charge in [0.25, 0.3) is 0 Å². The largest absolute Gasteiger partial charge is 0.504 e. The minimum atomic E-state index is -0.494. The monoisotopic (exact) mass is 341 g/mol. The third kappa shape index (κ3) is 3.46. The Balaban J connectivity index is 2.10. The van der Waals surface area contributed by atoms with Crippen LogP contribution in [-0.2, 0) is 16.0 Å². The lowest BCUT2D eigenvalue weighted by atomic mass is 9.86. The molecule has 0 aromatic heterocycles. The maximum absolute atomic E-state index is 11.7. The molecule has 1 heterocycles. The molecule has 0 aliphatic carbocycles. The second-order valence-corrected chi connectivity index (χ2v) is 6.66. The molecule has 0 spiro atoms. The molecule has 5 nitrogen and oxygen atoms in total. The molecule has 3 rings (SSSR count). The molecule has 1 aliphatic rings. The van der Waals surface area contributed by atoms with Crippen LogP contribution in [0.1, 0.15) is 41.3 Å². The van der Waals surface area contributed by atoms with Crippen LogP contribution in [0, 0.1) is 6.92 Å². The predicted octanol–water partition coefficient (Wildman–Crippen LogP) is 3.24. The smallest absolute Gasteiger partial charge is 0.303 e. The number of hydrogen-bond donors (Lipinski definition) is 2. The van der Waals surface area contributed by atoms with E-state index in [2.05, 4.69) is 4.90 Å². The van der Waals surface area contributed by atoms with Crippen molar-refractivity contribution in [3.63, 3.8) is 0 Å². The van der Waals surface area contributed by atoms with Crippen molar-refractivity contribution in [1.82, 2.24) is 4.90 Å². The van der Waals surface area contributed by atoms with Crippen LogP contribution < -0.4 is 0 Å². The van der Waals surface area contributed by atoms with Gasteiger partial charge in [-0.05, 0) is 49.2 Å². The first-order valence-corrected chi connectivity index (χ1v) is 8.35. The molecule has 2 aromatic carbocycles. The number of aryl methyl sites for hydroxylation is 1. The lowest BCUT2D eigenvalue weighted by Gasteiger charge is -2.39. The second kappa shape index (κ2) is 6.76. The zero-order chi connectivity index (χ0) is 18.1. The molecule has 132 valence electrons. The summed E-state index contributed by atoms with van der Waals surface area (Å²) in [5, 5.41) is 19.8. The number of carbonyl (C=O) groups excluding carboxylic acids is 1. The molecule has 5 heteroatoms. The Kier molecular flexibility index (Phi) is 4.68. The van der Waals surface area contributed by atoms with Gasteiger partial charge in [-0.3, -0.25) is 9.69 Å². The summed E-state index contributed by atoms with van der Waals surface area (Å²) in [6.07, 6.45) is 0.266. The molecule has 0 bridgehead atoms. The van der Waals surface area contributed by atoms with Crippen LogP contribution in [0.25, 0.3) is 0 Å². The predicted molar refractivity (Wildman–Crippen MR) is 94.5 cm³/mol. The lowest BCUT2D eigenvalue weighted by Crippen LogP contribution is -2.37. The molecular weight excluding hydrogens is 318 g/mol. The molecule has 1 aliphatic heterocycles. The van der Waals surface area contributed by atoms with Crippen LogP contribution in [0.2, 0.25) is 0 Å². The van der Waals surface area contributed by atoms with E-state index in [0.29, 0.717) is 0 Å². The summed E-state index contributed by atoms with van der Waals surface area (Å²) < 4.78 is 5.69. The number of esters is 1. The summed E-state index contributed by atoms with van der Waals surface area (Å²) in [5.41, 5.74) is 3.86. The first-order valence-electron chi connectivity index (χ1n) is 8.35. The highest BCUT2D eigenvalue weighted by molar-refractivity contribution is 5.66. The van der Waals surface area contributed by atoms with Crippen LogP contribution in [0.15, 0.2) is 36.4 Å². The molecule has 0 radical (unpaired) electrons. The molecule has 0 fully saturated rings. The third-order valence-electron chi connectivity index (χ3n) is 4.75. The fraction of sp³-hybridized carbons (Fsp3) is 0.350. The van der Waals surface area contributed by atoms with E-state index in [1.54, 1.807) is 12.1 Å². The van der Waals surface area contributed by atoms with Gasteiger partial charge in [0.15, 0.2) is 11.5 Å². The fourth-order valence-electron chi connectivity index (χ4n) is 3.45. The first kappa shape index (κ1) is 17.3. The van der Waals surface area contributed by atoms with Crippen LogP contribution in [-0.4, -0.2) is 34.7 Å². The van der Waals surface area contributed by atoms with Crippen LogP contribution in [0.4, 0.5) is 0 Å². The minimum Gasteiger partial charge on any atom is -0.504 e. The van der Waals surface area contributed by atoms with Gasteiger partial charge in [0.05, 0.1) is 6.04 Å². The first-order chi connectivity index (χ1) is 11.9. The van der Waals surface area contributed by atoms with Gasteiger partial charge < -0.3 is 14.9 Å². The summed E-state index contributed by atoms with van der Waals surface area (Å²) in [6, 6.07) is 10.9.